The number of hydrogen-bond donors (Lipinski definition) is 1. The Bertz CT molecular complexity index is 791. The molecule has 0 aliphatic heterocycles. The minimum atomic E-state index is -4.48. The summed E-state index contributed by atoms with van der Waals surface area (Å²) in [5.41, 5.74) is 2.72. The van der Waals surface area contributed by atoms with Crippen LogP contribution in [-0.2, 0) is 10.1 Å². The first-order valence-electron chi connectivity index (χ1n) is 7.27. The summed E-state index contributed by atoms with van der Waals surface area (Å²) in [5.74, 6) is 0. The van der Waals surface area contributed by atoms with Crippen molar-refractivity contribution in [3.05, 3.63) is 58.3 Å². The summed E-state index contributed by atoms with van der Waals surface area (Å²) >= 11 is 0. The highest BCUT2D eigenvalue weighted by molar-refractivity contribution is 7.90. The van der Waals surface area contributed by atoms with Gasteiger partial charge in [0.1, 0.15) is 4.91 Å². The predicted molar refractivity (Wildman–Crippen MR) is 95.4 cm³/mol. The van der Waals surface area contributed by atoms with Crippen LogP contribution in [0.3, 0.4) is 0 Å². The number of rotatable bonds is 8. The van der Waals surface area contributed by atoms with Gasteiger partial charge in [-0.25, -0.2) is 0 Å². The fourth-order valence-corrected chi connectivity index (χ4v) is 2.02. The SMILES string of the molecule is C=C(N=NC(=C(/C)CC)/C(C)=C(/C#N)C(=C)CC)C(=C)S(=O)(=O)O. The molecule has 0 atom stereocenters. The number of allylic oxidation sites excluding steroid dienone is 4. The molecule has 0 radical (unpaired) electrons. The molecule has 24 heavy (non-hydrogen) atoms. The summed E-state index contributed by atoms with van der Waals surface area (Å²) in [4.78, 5) is -0.625. The topological polar surface area (TPSA) is 103 Å². The van der Waals surface area contributed by atoms with Crippen LogP contribution in [-0.4, -0.2) is 13.0 Å². The van der Waals surface area contributed by atoms with Gasteiger partial charge in [0.25, 0.3) is 10.1 Å². The van der Waals surface area contributed by atoms with Gasteiger partial charge in [0.05, 0.1) is 23.0 Å². The predicted octanol–water partition coefficient (Wildman–Crippen LogP) is 4.84. The van der Waals surface area contributed by atoms with Gasteiger partial charge in [-0.1, -0.05) is 33.6 Å². The van der Waals surface area contributed by atoms with Crippen molar-refractivity contribution in [1.29, 1.82) is 5.26 Å². The monoisotopic (exact) mass is 349 g/mol. The molecule has 0 spiro atoms. The van der Waals surface area contributed by atoms with Crippen LogP contribution in [0.2, 0.25) is 0 Å². The Morgan fingerprint density at radius 3 is 2.04 bits per heavy atom. The first kappa shape index (κ1) is 21.7. The third-order valence-electron chi connectivity index (χ3n) is 3.46. The average molecular weight is 349 g/mol. The molecule has 0 aliphatic carbocycles. The maximum Gasteiger partial charge on any atom is 0.296 e. The Labute approximate surface area is 144 Å². The van der Waals surface area contributed by atoms with Crippen LogP contribution in [0.15, 0.2) is 68.6 Å². The van der Waals surface area contributed by atoms with Crippen molar-refractivity contribution < 1.29 is 13.0 Å². The van der Waals surface area contributed by atoms with Crippen LogP contribution in [0.4, 0.5) is 0 Å². The molecule has 0 aromatic heterocycles. The molecule has 0 rings (SSSR count). The molecule has 130 valence electrons. The first-order valence-corrected chi connectivity index (χ1v) is 8.71. The van der Waals surface area contributed by atoms with Crippen molar-refractivity contribution >= 4 is 10.1 Å². The van der Waals surface area contributed by atoms with E-state index in [1.165, 1.54) is 0 Å². The Morgan fingerprint density at radius 2 is 1.67 bits per heavy atom. The highest BCUT2D eigenvalue weighted by Gasteiger charge is 2.16. The molecule has 0 bridgehead atoms. The summed E-state index contributed by atoms with van der Waals surface area (Å²) in [7, 11) is -4.48. The molecule has 7 heteroatoms. The lowest BCUT2D eigenvalue weighted by molar-refractivity contribution is 0.491. The summed E-state index contributed by atoms with van der Waals surface area (Å²) in [6.07, 6.45) is 1.27. The minimum Gasteiger partial charge on any atom is -0.282 e. The van der Waals surface area contributed by atoms with Gasteiger partial charge in [0, 0.05) is 0 Å². The Kier molecular flexibility index (Phi) is 8.23. The lowest BCUT2D eigenvalue weighted by atomic mass is 9.97. The molecule has 0 unspecified atom stereocenters. The zero-order valence-electron chi connectivity index (χ0n) is 14.5. The maximum absolute atomic E-state index is 11.0. The lowest BCUT2D eigenvalue weighted by Crippen LogP contribution is -2.01. The van der Waals surface area contributed by atoms with E-state index in [9.17, 15) is 13.7 Å². The molecule has 0 fully saturated rings. The lowest BCUT2D eigenvalue weighted by Gasteiger charge is -2.10. The van der Waals surface area contributed by atoms with E-state index >= 15 is 0 Å². The molecular formula is C17H23N3O3S. The molecule has 0 aliphatic rings. The van der Waals surface area contributed by atoms with Crippen molar-refractivity contribution in [3.63, 3.8) is 0 Å². The third kappa shape index (κ3) is 5.72. The van der Waals surface area contributed by atoms with Gasteiger partial charge in [-0.2, -0.15) is 18.8 Å². The first-order chi connectivity index (χ1) is 11.0. The number of nitrogens with zero attached hydrogens (tertiary/aromatic N) is 3. The second kappa shape index (κ2) is 9.11. The summed E-state index contributed by atoms with van der Waals surface area (Å²) in [6.45, 7) is 17.9. The number of hydrogen-bond acceptors (Lipinski definition) is 5. The highest BCUT2D eigenvalue weighted by atomic mass is 32.2. The fourth-order valence-electron chi connectivity index (χ4n) is 1.69. The van der Waals surface area contributed by atoms with E-state index < -0.39 is 15.0 Å². The van der Waals surface area contributed by atoms with Crippen molar-refractivity contribution in [1.82, 2.24) is 0 Å². The quantitative estimate of drug-likeness (QED) is 0.293. The van der Waals surface area contributed by atoms with E-state index in [2.05, 4.69) is 36.0 Å². The second-order valence-electron chi connectivity index (χ2n) is 5.10. The largest absolute Gasteiger partial charge is 0.296 e. The van der Waals surface area contributed by atoms with E-state index in [1.807, 2.05) is 20.8 Å². The van der Waals surface area contributed by atoms with Crippen LogP contribution in [0.5, 0.6) is 0 Å². The standard InChI is InChI=1S/C17H23N3O3S/c1-8-11(3)16(10-18)13(5)17(12(4)9-2)20-19-14(6)15(7)24(21,22)23/h3,6-9H2,1-2,4-5H3,(H,21,22,23)/b16-13-,17-12-,20-19?. The molecule has 0 saturated carbocycles. The summed E-state index contributed by atoms with van der Waals surface area (Å²) in [6, 6.07) is 2.12. The summed E-state index contributed by atoms with van der Waals surface area (Å²) < 4.78 is 31.0. The van der Waals surface area contributed by atoms with E-state index in [0.717, 1.165) is 5.57 Å². The Morgan fingerprint density at radius 1 is 1.12 bits per heavy atom. The van der Waals surface area contributed by atoms with Gasteiger partial charge in [-0.05, 0) is 43.4 Å². The molecule has 6 nitrogen and oxygen atoms in total. The van der Waals surface area contributed by atoms with Crippen LogP contribution in [0.25, 0.3) is 0 Å². The molecule has 0 aromatic rings. The molecule has 0 heterocycles. The maximum atomic E-state index is 11.0. The second-order valence-corrected chi connectivity index (χ2v) is 6.54. The van der Waals surface area contributed by atoms with Crippen LogP contribution >= 0.6 is 0 Å². The zero-order chi connectivity index (χ0) is 19.1. The highest BCUT2D eigenvalue weighted by Crippen LogP contribution is 2.27. The van der Waals surface area contributed by atoms with E-state index in [0.29, 0.717) is 35.3 Å². The van der Waals surface area contributed by atoms with Crippen molar-refractivity contribution in [2.24, 2.45) is 10.2 Å². The van der Waals surface area contributed by atoms with Crippen molar-refractivity contribution in [2.75, 3.05) is 0 Å². The van der Waals surface area contributed by atoms with Crippen LogP contribution < -0.4 is 0 Å². The number of azo groups is 1. The smallest absolute Gasteiger partial charge is 0.282 e. The Balaban J connectivity index is 6.06. The third-order valence-corrected chi connectivity index (χ3v) is 4.32. The molecule has 0 aromatic carbocycles. The summed E-state index contributed by atoms with van der Waals surface area (Å²) in [5, 5.41) is 17.1. The molecule has 0 amide bonds. The van der Waals surface area contributed by atoms with Gasteiger partial charge in [0.2, 0.25) is 0 Å². The molecular weight excluding hydrogens is 326 g/mol. The van der Waals surface area contributed by atoms with Crippen molar-refractivity contribution in [3.8, 4) is 6.07 Å². The Hall–Kier alpha value is -2.30. The van der Waals surface area contributed by atoms with Gasteiger partial charge in [-0.3, -0.25) is 4.55 Å². The van der Waals surface area contributed by atoms with Crippen molar-refractivity contribution in [2.45, 2.75) is 40.5 Å². The van der Waals surface area contributed by atoms with Crippen LogP contribution in [0.1, 0.15) is 40.5 Å². The van der Waals surface area contributed by atoms with Gasteiger partial charge >= 0.3 is 0 Å². The number of nitriles is 1. The van der Waals surface area contributed by atoms with E-state index in [4.69, 9.17) is 4.55 Å². The molecule has 1 N–H and O–H groups in total. The van der Waals surface area contributed by atoms with Gasteiger partial charge in [0.15, 0.2) is 0 Å². The van der Waals surface area contributed by atoms with Crippen LogP contribution in [0, 0.1) is 11.3 Å². The van der Waals surface area contributed by atoms with E-state index in [1.54, 1.807) is 6.92 Å². The van der Waals surface area contributed by atoms with Gasteiger partial charge in [-0.15, -0.1) is 5.11 Å². The minimum absolute atomic E-state index is 0.278. The van der Waals surface area contributed by atoms with Gasteiger partial charge < -0.3 is 0 Å². The van der Waals surface area contributed by atoms with E-state index in [-0.39, 0.29) is 5.70 Å². The zero-order valence-corrected chi connectivity index (χ0v) is 15.4. The average Bonchev–Trinajstić information content (AvgIpc) is 2.53. The normalized spacial score (nSPS) is 13.8. The fraction of sp³-hybridized carbons (Fsp3) is 0.353. The molecule has 0 saturated heterocycles.